The minimum Gasteiger partial charge on any atom is -0.438 e. The molecule has 2 heterocycles. The number of nitrogens with one attached hydrogen (secondary N) is 2. The number of sulfonamides is 1. The highest BCUT2D eigenvalue weighted by atomic mass is 32.2. The first-order chi connectivity index (χ1) is 11.8. The van der Waals surface area contributed by atoms with Crippen molar-refractivity contribution >= 4 is 15.9 Å². The third-order valence-electron chi connectivity index (χ3n) is 4.18. The van der Waals surface area contributed by atoms with Crippen LogP contribution in [0.3, 0.4) is 0 Å². The summed E-state index contributed by atoms with van der Waals surface area (Å²) in [5.74, 6) is -0.415. The predicted octanol–water partition coefficient (Wildman–Crippen LogP) is 0.559. The molecule has 9 heteroatoms. The molecule has 3 rings (SSSR count). The average Bonchev–Trinajstić information content (AvgIpc) is 3.15. The summed E-state index contributed by atoms with van der Waals surface area (Å²) in [5.41, 5.74) is 0. The molecule has 1 saturated carbocycles. The molecule has 8 nitrogen and oxygen atoms in total. The predicted molar refractivity (Wildman–Crippen MR) is 90.8 cm³/mol. The quantitative estimate of drug-likeness (QED) is 0.726. The van der Waals surface area contributed by atoms with Gasteiger partial charge in [-0.1, -0.05) is 0 Å². The highest BCUT2D eigenvalue weighted by Gasteiger charge is 2.30. The zero-order chi connectivity index (χ0) is 18.0. The Morgan fingerprint density at radius 3 is 2.56 bits per heavy atom. The lowest BCUT2D eigenvalue weighted by Gasteiger charge is -2.35. The second kappa shape index (κ2) is 7.45. The number of carbonyl (C=O) groups excluding carboxylic acids is 1. The van der Waals surface area contributed by atoms with Crippen molar-refractivity contribution in [2.24, 2.45) is 0 Å². The number of hydrogen-bond acceptors (Lipinski definition) is 6. The van der Waals surface area contributed by atoms with Crippen molar-refractivity contribution in [3.63, 3.8) is 0 Å². The van der Waals surface area contributed by atoms with Gasteiger partial charge in [0, 0.05) is 32.2 Å². The van der Waals surface area contributed by atoms with Crippen LogP contribution in [0, 0.1) is 0 Å². The largest absolute Gasteiger partial charge is 0.438 e. The van der Waals surface area contributed by atoms with Crippen molar-refractivity contribution in [1.82, 2.24) is 14.9 Å². The fourth-order valence-electron chi connectivity index (χ4n) is 2.95. The van der Waals surface area contributed by atoms with E-state index in [2.05, 4.69) is 14.9 Å². The molecule has 0 bridgehead atoms. The molecule has 1 amide bonds. The number of carbonyl (C=O) groups is 1. The Morgan fingerprint density at radius 2 is 1.92 bits per heavy atom. The molecule has 1 aromatic rings. The number of rotatable bonds is 7. The van der Waals surface area contributed by atoms with Crippen LogP contribution in [0.2, 0.25) is 0 Å². The maximum Gasteiger partial charge on any atom is 0.287 e. The monoisotopic (exact) mass is 371 g/mol. The van der Waals surface area contributed by atoms with Crippen molar-refractivity contribution in [2.45, 2.75) is 50.0 Å². The minimum atomic E-state index is -3.68. The molecule has 1 aliphatic heterocycles. The zero-order valence-corrected chi connectivity index (χ0v) is 15.3. The molecule has 0 aromatic carbocycles. The third-order valence-corrected chi connectivity index (χ3v) is 5.57. The van der Waals surface area contributed by atoms with Crippen LogP contribution in [-0.2, 0) is 14.8 Å². The Kier molecular flexibility index (Phi) is 5.47. The molecule has 2 aliphatic rings. The first-order valence-electron chi connectivity index (χ1n) is 8.61. The summed E-state index contributed by atoms with van der Waals surface area (Å²) in [7, 11) is -3.68. The Balaban J connectivity index is 1.48. The van der Waals surface area contributed by atoms with Gasteiger partial charge in [0.25, 0.3) is 15.9 Å². The third kappa shape index (κ3) is 5.04. The van der Waals surface area contributed by atoms with E-state index in [1.54, 1.807) is 0 Å². The minimum absolute atomic E-state index is 0.000106. The Bertz CT molecular complexity index is 703. The number of furan rings is 1. The van der Waals surface area contributed by atoms with E-state index in [0.29, 0.717) is 13.1 Å². The second-order valence-electron chi connectivity index (χ2n) is 6.79. The molecule has 0 unspecified atom stereocenters. The maximum absolute atomic E-state index is 12.1. The zero-order valence-electron chi connectivity index (χ0n) is 14.5. The molecule has 2 fully saturated rings. The van der Waals surface area contributed by atoms with Crippen LogP contribution in [0.5, 0.6) is 0 Å². The molecule has 1 aliphatic carbocycles. The molecule has 25 heavy (non-hydrogen) atoms. The SMILES string of the molecule is C[C@H]1CN(CCNC(=O)c2ccc(S(=O)(=O)NC3CC3)o2)C[C@H](C)O1. The molecule has 0 spiro atoms. The summed E-state index contributed by atoms with van der Waals surface area (Å²) in [4.78, 5) is 14.4. The van der Waals surface area contributed by atoms with Gasteiger partial charge in [-0.3, -0.25) is 9.69 Å². The number of hydrogen-bond donors (Lipinski definition) is 2. The van der Waals surface area contributed by atoms with Crippen molar-refractivity contribution in [3.05, 3.63) is 17.9 Å². The molecular weight excluding hydrogens is 346 g/mol. The second-order valence-corrected chi connectivity index (χ2v) is 8.43. The van der Waals surface area contributed by atoms with Crippen molar-refractivity contribution in [2.75, 3.05) is 26.2 Å². The summed E-state index contributed by atoms with van der Waals surface area (Å²) in [6, 6.07) is 2.69. The van der Waals surface area contributed by atoms with Crippen molar-refractivity contribution in [3.8, 4) is 0 Å². The summed E-state index contributed by atoms with van der Waals surface area (Å²) < 4.78 is 37.5. The van der Waals surface area contributed by atoms with Gasteiger partial charge in [-0.05, 0) is 38.8 Å². The average molecular weight is 371 g/mol. The normalized spacial score (nSPS) is 25.0. The van der Waals surface area contributed by atoms with E-state index >= 15 is 0 Å². The summed E-state index contributed by atoms with van der Waals surface area (Å²) in [6.45, 7) is 6.89. The highest BCUT2D eigenvalue weighted by Crippen LogP contribution is 2.23. The molecule has 140 valence electrons. The maximum atomic E-state index is 12.1. The van der Waals surface area contributed by atoms with Gasteiger partial charge in [0.15, 0.2) is 5.76 Å². The highest BCUT2D eigenvalue weighted by molar-refractivity contribution is 7.89. The smallest absolute Gasteiger partial charge is 0.287 e. The van der Waals surface area contributed by atoms with Gasteiger partial charge in [-0.2, -0.15) is 0 Å². The van der Waals surface area contributed by atoms with Crippen LogP contribution in [0.25, 0.3) is 0 Å². The lowest BCUT2D eigenvalue weighted by Crippen LogP contribution is -2.47. The van der Waals surface area contributed by atoms with Gasteiger partial charge in [0.2, 0.25) is 5.09 Å². The van der Waals surface area contributed by atoms with Crippen LogP contribution >= 0.6 is 0 Å². The summed E-state index contributed by atoms with van der Waals surface area (Å²) in [6.07, 6.45) is 2.03. The van der Waals surface area contributed by atoms with Crippen molar-refractivity contribution in [1.29, 1.82) is 0 Å². The standard InChI is InChI=1S/C16H25N3O5S/c1-11-9-19(10-12(2)23-11)8-7-17-16(20)14-5-6-15(24-14)25(21,22)18-13-3-4-13/h5-6,11-13,18H,3-4,7-10H2,1-2H3,(H,17,20)/t11-,12-/m0/s1. The first-order valence-corrected chi connectivity index (χ1v) is 10.1. The fraction of sp³-hybridized carbons (Fsp3) is 0.688. The lowest BCUT2D eigenvalue weighted by molar-refractivity contribution is -0.0672. The number of morpholine rings is 1. The van der Waals surface area contributed by atoms with Crippen LogP contribution in [0.15, 0.2) is 21.6 Å². The van der Waals surface area contributed by atoms with Gasteiger partial charge in [-0.25, -0.2) is 13.1 Å². The van der Waals surface area contributed by atoms with Gasteiger partial charge in [0.05, 0.1) is 12.2 Å². The van der Waals surface area contributed by atoms with Gasteiger partial charge in [-0.15, -0.1) is 0 Å². The van der Waals surface area contributed by atoms with E-state index in [1.165, 1.54) is 12.1 Å². The first kappa shape index (κ1) is 18.4. The van der Waals surface area contributed by atoms with Crippen molar-refractivity contribution < 1.29 is 22.4 Å². The number of ether oxygens (including phenoxy) is 1. The Labute approximate surface area is 147 Å². The van der Waals surface area contributed by atoms with Crippen LogP contribution < -0.4 is 10.0 Å². The van der Waals surface area contributed by atoms with E-state index in [4.69, 9.17) is 9.15 Å². The molecule has 0 radical (unpaired) electrons. The van der Waals surface area contributed by atoms with Gasteiger partial charge < -0.3 is 14.5 Å². The molecule has 2 atom stereocenters. The molecule has 2 N–H and O–H groups in total. The Morgan fingerprint density at radius 1 is 1.24 bits per heavy atom. The van der Waals surface area contributed by atoms with E-state index in [-0.39, 0.29) is 29.1 Å². The Hall–Kier alpha value is -1.42. The number of amides is 1. The molecule has 1 saturated heterocycles. The van der Waals surface area contributed by atoms with E-state index in [9.17, 15) is 13.2 Å². The number of nitrogens with zero attached hydrogens (tertiary/aromatic N) is 1. The fourth-order valence-corrected chi connectivity index (χ4v) is 4.18. The van der Waals surface area contributed by atoms with Gasteiger partial charge >= 0.3 is 0 Å². The lowest BCUT2D eigenvalue weighted by atomic mass is 10.2. The topological polar surface area (TPSA) is 101 Å². The summed E-state index contributed by atoms with van der Waals surface area (Å²) >= 11 is 0. The van der Waals surface area contributed by atoms with Crippen LogP contribution in [0.1, 0.15) is 37.2 Å². The van der Waals surface area contributed by atoms with Gasteiger partial charge in [0.1, 0.15) is 0 Å². The molecule has 1 aromatic heterocycles. The van der Waals surface area contributed by atoms with E-state index < -0.39 is 15.9 Å². The van der Waals surface area contributed by atoms with E-state index in [1.807, 2.05) is 13.8 Å². The van der Waals surface area contributed by atoms with E-state index in [0.717, 1.165) is 25.9 Å². The van der Waals surface area contributed by atoms with Crippen LogP contribution in [-0.4, -0.2) is 63.7 Å². The van der Waals surface area contributed by atoms with Crippen LogP contribution in [0.4, 0.5) is 0 Å². The molecular formula is C16H25N3O5S. The summed E-state index contributed by atoms with van der Waals surface area (Å²) in [5, 5.41) is 2.54.